The average Bonchev–Trinajstić information content (AvgIpc) is 2.73. The molecule has 156 valence electrons. The third kappa shape index (κ3) is 6.00. The fourth-order valence-electron chi connectivity index (χ4n) is 4.27. The molecule has 0 aromatic carbocycles. The smallest absolute Gasteiger partial charge is 0.224 e. The van der Waals surface area contributed by atoms with Gasteiger partial charge < -0.3 is 10.4 Å². The highest BCUT2D eigenvalue weighted by Crippen LogP contribution is 2.25. The summed E-state index contributed by atoms with van der Waals surface area (Å²) in [6.07, 6.45) is 8.15. The average molecular weight is 389 g/mol. The third-order valence-corrected chi connectivity index (χ3v) is 6.22. The zero-order chi connectivity index (χ0) is 20.0. The number of rotatable bonds is 7. The molecule has 1 aromatic heterocycles. The number of amides is 1. The summed E-state index contributed by atoms with van der Waals surface area (Å²) in [5.74, 6) is 0.236. The number of nitrogens with one attached hydrogen (secondary N) is 1. The van der Waals surface area contributed by atoms with Gasteiger partial charge in [0.2, 0.25) is 5.91 Å². The molecule has 1 atom stereocenters. The van der Waals surface area contributed by atoms with Gasteiger partial charge in [-0.25, -0.2) is 0 Å². The van der Waals surface area contributed by atoms with E-state index < -0.39 is 0 Å². The Labute approximate surface area is 169 Å². The van der Waals surface area contributed by atoms with Crippen LogP contribution in [-0.2, 0) is 11.3 Å². The fraction of sp³-hybridized carbons (Fsp3) is 0.727. The van der Waals surface area contributed by atoms with E-state index >= 15 is 0 Å². The van der Waals surface area contributed by atoms with Crippen LogP contribution in [0.4, 0.5) is 0 Å². The Morgan fingerprint density at radius 3 is 2.61 bits per heavy atom. The highest BCUT2D eigenvalue weighted by atomic mass is 16.3. The molecular formula is C22H36N4O2. The van der Waals surface area contributed by atoms with Crippen LogP contribution in [0.3, 0.4) is 0 Å². The lowest BCUT2D eigenvalue weighted by molar-refractivity contribution is -0.127. The van der Waals surface area contributed by atoms with Crippen LogP contribution in [0.5, 0.6) is 0 Å². The first-order valence-corrected chi connectivity index (χ1v) is 10.7. The second-order valence-corrected chi connectivity index (χ2v) is 9.24. The summed E-state index contributed by atoms with van der Waals surface area (Å²) in [6.45, 7) is 9.78. The SMILES string of the molecule is CC(C)(CO)CNC(=O)[C@H]1CCCN(C2CCN(Cc3ccncc3)CC2)C1. The van der Waals surface area contributed by atoms with Gasteiger partial charge in [0.25, 0.3) is 0 Å². The quantitative estimate of drug-likeness (QED) is 0.747. The largest absolute Gasteiger partial charge is 0.396 e. The zero-order valence-electron chi connectivity index (χ0n) is 17.4. The maximum Gasteiger partial charge on any atom is 0.224 e. The normalized spacial score (nSPS) is 22.9. The van der Waals surface area contributed by atoms with E-state index in [-0.39, 0.29) is 23.8 Å². The Kier molecular flexibility index (Phi) is 7.43. The third-order valence-electron chi connectivity index (χ3n) is 6.22. The number of piperidine rings is 2. The molecule has 0 bridgehead atoms. The summed E-state index contributed by atoms with van der Waals surface area (Å²) in [7, 11) is 0. The lowest BCUT2D eigenvalue weighted by Gasteiger charge is -2.42. The molecule has 2 aliphatic heterocycles. The lowest BCUT2D eigenvalue weighted by Crippen LogP contribution is -2.51. The molecule has 0 unspecified atom stereocenters. The number of hydrogen-bond donors (Lipinski definition) is 2. The van der Waals surface area contributed by atoms with Crippen LogP contribution in [0.1, 0.15) is 45.1 Å². The summed E-state index contributed by atoms with van der Waals surface area (Å²) in [6, 6.07) is 4.79. The van der Waals surface area contributed by atoms with Crippen molar-refractivity contribution in [2.24, 2.45) is 11.3 Å². The molecule has 0 aliphatic carbocycles. The molecule has 6 heteroatoms. The van der Waals surface area contributed by atoms with Gasteiger partial charge in [-0.2, -0.15) is 0 Å². The molecule has 2 fully saturated rings. The molecule has 2 aliphatic rings. The van der Waals surface area contributed by atoms with Crippen LogP contribution >= 0.6 is 0 Å². The highest BCUT2D eigenvalue weighted by molar-refractivity contribution is 5.79. The Morgan fingerprint density at radius 2 is 1.93 bits per heavy atom. The molecule has 0 saturated carbocycles. The molecule has 2 saturated heterocycles. The number of aliphatic hydroxyl groups is 1. The first-order chi connectivity index (χ1) is 13.5. The molecule has 0 spiro atoms. The molecule has 3 heterocycles. The van der Waals surface area contributed by atoms with Crippen molar-refractivity contribution in [3.05, 3.63) is 30.1 Å². The van der Waals surface area contributed by atoms with Gasteiger partial charge in [-0.05, 0) is 63.0 Å². The maximum atomic E-state index is 12.6. The van der Waals surface area contributed by atoms with Crippen LogP contribution < -0.4 is 5.32 Å². The van der Waals surface area contributed by atoms with E-state index in [2.05, 4.69) is 32.2 Å². The van der Waals surface area contributed by atoms with Gasteiger partial charge in [-0.3, -0.25) is 19.6 Å². The van der Waals surface area contributed by atoms with E-state index in [4.69, 9.17) is 0 Å². The van der Waals surface area contributed by atoms with Crippen molar-refractivity contribution in [2.45, 2.75) is 52.1 Å². The van der Waals surface area contributed by atoms with E-state index in [0.717, 1.165) is 45.6 Å². The number of carbonyl (C=O) groups is 1. The molecule has 1 aromatic rings. The van der Waals surface area contributed by atoms with Crippen molar-refractivity contribution >= 4 is 5.91 Å². The first kappa shape index (κ1) is 21.2. The second-order valence-electron chi connectivity index (χ2n) is 9.24. The predicted molar refractivity (Wildman–Crippen MR) is 111 cm³/mol. The molecule has 3 rings (SSSR count). The van der Waals surface area contributed by atoms with E-state index in [1.807, 2.05) is 26.2 Å². The minimum atomic E-state index is -0.258. The number of carbonyl (C=O) groups excluding carboxylic acids is 1. The second kappa shape index (κ2) is 9.81. The van der Waals surface area contributed by atoms with E-state index in [1.165, 1.54) is 18.4 Å². The van der Waals surface area contributed by atoms with Crippen molar-refractivity contribution in [3.63, 3.8) is 0 Å². The van der Waals surface area contributed by atoms with Crippen LogP contribution in [0.25, 0.3) is 0 Å². The number of nitrogens with zero attached hydrogens (tertiary/aromatic N) is 3. The molecule has 28 heavy (non-hydrogen) atoms. The Bertz CT molecular complexity index is 614. The van der Waals surface area contributed by atoms with Gasteiger partial charge in [-0.1, -0.05) is 13.8 Å². The number of pyridine rings is 1. The summed E-state index contributed by atoms with van der Waals surface area (Å²) < 4.78 is 0. The summed E-state index contributed by atoms with van der Waals surface area (Å²) >= 11 is 0. The van der Waals surface area contributed by atoms with Crippen molar-refractivity contribution in [1.29, 1.82) is 0 Å². The lowest BCUT2D eigenvalue weighted by atomic mass is 9.91. The molecular weight excluding hydrogens is 352 g/mol. The predicted octanol–water partition coefficient (Wildman–Crippen LogP) is 1.89. The molecule has 6 nitrogen and oxygen atoms in total. The topological polar surface area (TPSA) is 68.7 Å². The number of aromatic nitrogens is 1. The van der Waals surface area contributed by atoms with E-state index in [9.17, 15) is 9.90 Å². The van der Waals surface area contributed by atoms with E-state index in [0.29, 0.717) is 12.6 Å². The van der Waals surface area contributed by atoms with Crippen LogP contribution in [-0.4, -0.2) is 71.2 Å². The van der Waals surface area contributed by atoms with Gasteiger partial charge in [0.05, 0.1) is 5.92 Å². The van der Waals surface area contributed by atoms with Crippen molar-refractivity contribution < 1.29 is 9.90 Å². The van der Waals surface area contributed by atoms with Crippen molar-refractivity contribution in [2.75, 3.05) is 39.3 Å². The molecule has 1 amide bonds. The summed E-state index contributed by atoms with van der Waals surface area (Å²) in [4.78, 5) is 21.8. The Balaban J connectivity index is 1.44. The van der Waals surface area contributed by atoms with Gasteiger partial charge in [0.15, 0.2) is 0 Å². The van der Waals surface area contributed by atoms with Crippen molar-refractivity contribution in [1.82, 2.24) is 20.1 Å². The minimum Gasteiger partial charge on any atom is -0.396 e. The number of likely N-dealkylation sites (tertiary alicyclic amines) is 2. The van der Waals surface area contributed by atoms with Crippen LogP contribution in [0.2, 0.25) is 0 Å². The zero-order valence-corrected chi connectivity index (χ0v) is 17.4. The minimum absolute atomic E-state index is 0.0816. The molecule has 0 radical (unpaired) electrons. The standard InChI is InChI=1S/C22H36N4O2/c1-22(2,17-27)16-24-21(28)19-4-3-11-26(15-19)20-7-12-25(13-8-20)14-18-5-9-23-10-6-18/h5-6,9-10,19-20,27H,3-4,7-8,11-17H2,1-2H3,(H,24,28)/t19-/m0/s1. The Morgan fingerprint density at radius 1 is 1.21 bits per heavy atom. The summed E-state index contributed by atoms with van der Waals surface area (Å²) in [5, 5.41) is 12.4. The number of hydrogen-bond acceptors (Lipinski definition) is 5. The summed E-state index contributed by atoms with van der Waals surface area (Å²) in [5.41, 5.74) is 1.07. The first-order valence-electron chi connectivity index (χ1n) is 10.7. The van der Waals surface area contributed by atoms with Gasteiger partial charge in [0, 0.05) is 50.1 Å². The Hall–Kier alpha value is -1.50. The van der Waals surface area contributed by atoms with E-state index in [1.54, 1.807) is 0 Å². The van der Waals surface area contributed by atoms with Crippen molar-refractivity contribution in [3.8, 4) is 0 Å². The number of aliphatic hydroxyl groups excluding tert-OH is 1. The highest BCUT2D eigenvalue weighted by Gasteiger charge is 2.32. The van der Waals surface area contributed by atoms with Gasteiger partial charge in [-0.15, -0.1) is 0 Å². The van der Waals surface area contributed by atoms with Gasteiger partial charge >= 0.3 is 0 Å². The van der Waals surface area contributed by atoms with Gasteiger partial charge in [0.1, 0.15) is 0 Å². The van der Waals surface area contributed by atoms with Crippen LogP contribution in [0, 0.1) is 11.3 Å². The van der Waals surface area contributed by atoms with Crippen LogP contribution in [0.15, 0.2) is 24.5 Å². The fourth-order valence-corrected chi connectivity index (χ4v) is 4.27. The molecule has 2 N–H and O–H groups in total. The monoisotopic (exact) mass is 388 g/mol. The maximum absolute atomic E-state index is 12.6.